The van der Waals surface area contributed by atoms with Crippen LogP contribution in [0.4, 0.5) is 0 Å². The average Bonchev–Trinajstić information content (AvgIpc) is 3.42. The van der Waals surface area contributed by atoms with Gasteiger partial charge in [0, 0.05) is 12.1 Å². The number of carbonyl (C=O) groups excluding carboxylic acids is 2. The molecule has 7 heteroatoms. The number of methoxy groups -OCH3 is 1. The molecule has 25 heavy (non-hydrogen) atoms. The van der Waals surface area contributed by atoms with Crippen LogP contribution >= 0.6 is 0 Å². The monoisotopic (exact) mass is 344 g/mol. The van der Waals surface area contributed by atoms with Crippen molar-refractivity contribution in [1.29, 1.82) is 5.26 Å². The van der Waals surface area contributed by atoms with Gasteiger partial charge in [-0.05, 0) is 43.5 Å². The SMILES string of the molecule is COc1cc(/C=C/C(=O)O[C@@H](C)C(=O)NC2CC2)ccc1OCC#N. The normalized spacial score (nSPS) is 14.4. The fraction of sp³-hybridized carbons (Fsp3) is 0.389. The van der Waals surface area contributed by atoms with E-state index in [2.05, 4.69) is 5.32 Å². The largest absolute Gasteiger partial charge is 0.493 e. The predicted molar refractivity (Wildman–Crippen MR) is 89.9 cm³/mol. The Hall–Kier alpha value is -3.01. The molecule has 0 aliphatic heterocycles. The van der Waals surface area contributed by atoms with Crippen LogP contribution in [0.25, 0.3) is 6.08 Å². The molecule has 1 N–H and O–H groups in total. The Balaban J connectivity index is 1.92. The van der Waals surface area contributed by atoms with Crippen LogP contribution in [0.3, 0.4) is 0 Å². The third-order valence-electron chi connectivity index (χ3n) is 3.48. The molecule has 0 saturated heterocycles. The Bertz CT molecular complexity index is 704. The summed E-state index contributed by atoms with van der Waals surface area (Å²) >= 11 is 0. The molecular formula is C18H20N2O5. The Morgan fingerprint density at radius 3 is 2.80 bits per heavy atom. The van der Waals surface area contributed by atoms with Gasteiger partial charge in [0.1, 0.15) is 6.07 Å². The summed E-state index contributed by atoms with van der Waals surface area (Å²) in [6, 6.07) is 7.12. The van der Waals surface area contributed by atoms with Crippen molar-refractivity contribution >= 4 is 18.0 Å². The molecule has 0 aromatic heterocycles. The fourth-order valence-corrected chi connectivity index (χ4v) is 1.99. The molecule has 0 heterocycles. The Labute approximate surface area is 146 Å². The van der Waals surface area contributed by atoms with Crippen LogP contribution in [0.5, 0.6) is 11.5 Å². The molecule has 1 fully saturated rings. The molecule has 2 rings (SSSR count). The lowest BCUT2D eigenvalue weighted by atomic mass is 10.2. The number of rotatable bonds is 8. The van der Waals surface area contributed by atoms with Gasteiger partial charge in [0.2, 0.25) is 0 Å². The summed E-state index contributed by atoms with van der Waals surface area (Å²) in [6.45, 7) is 1.45. The number of hydrogen-bond acceptors (Lipinski definition) is 6. The summed E-state index contributed by atoms with van der Waals surface area (Å²) in [5.41, 5.74) is 0.688. The van der Waals surface area contributed by atoms with Gasteiger partial charge in [0.15, 0.2) is 24.2 Å². The molecule has 0 spiro atoms. The van der Waals surface area contributed by atoms with Crippen LogP contribution in [0.15, 0.2) is 24.3 Å². The van der Waals surface area contributed by atoms with Crippen LogP contribution in [0.2, 0.25) is 0 Å². The lowest BCUT2D eigenvalue weighted by Gasteiger charge is -2.11. The smallest absolute Gasteiger partial charge is 0.331 e. The molecule has 1 atom stereocenters. The van der Waals surface area contributed by atoms with Crippen LogP contribution in [-0.4, -0.2) is 37.7 Å². The minimum atomic E-state index is -0.839. The number of nitriles is 1. The van der Waals surface area contributed by atoms with Gasteiger partial charge in [-0.25, -0.2) is 4.79 Å². The fourth-order valence-electron chi connectivity index (χ4n) is 1.99. The summed E-state index contributed by atoms with van der Waals surface area (Å²) in [5, 5.41) is 11.3. The van der Waals surface area contributed by atoms with Crippen molar-refractivity contribution in [2.45, 2.75) is 31.9 Å². The maximum atomic E-state index is 11.8. The van der Waals surface area contributed by atoms with Crippen molar-refractivity contribution in [1.82, 2.24) is 5.32 Å². The highest BCUT2D eigenvalue weighted by molar-refractivity contribution is 5.90. The highest BCUT2D eigenvalue weighted by atomic mass is 16.5. The number of benzene rings is 1. The van der Waals surface area contributed by atoms with E-state index in [1.165, 1.54) is 20.1 Å². The molecular weight excluding hydrogens is 324 g/mol. The zero-order valence-electron chi connectivity index (χ0n) is 14.2. The van der Waals surface area contributed by atoms with E-state index >= 15 is 0 Å². The van der Waals surface area contributed by atoms with E-state index in [0.29, 0.717) is 17.1 Å². The molecule has 7 nitrogen and oxygen atoms in total. The van der Waals surface area contributed by atoms with Gasteiger partial charge in [-0.2, -0.15) is 5.26 Å². The van der Waals surface area contributed by atoms with Gasteiger partial charge in [-0.3, -0.25) is 4.79 Å². The van der Waals surface area contributed by atoms with Crippen molar-refractivity contribution in [3.05, 3.63) is 29.8 Å². The maximum Gasteiger partial charge on any atom is 0.331 e. The van der Waals surface area contributed by atoms with Crippen molar-refractivity contribution in [2.75, 3.05) is 13.7 Å². The summed E-state index contributed by atoms with van der Waals surface area (Å²) in [6.07, 6.45) is 3.90. The Morgan fingerprint density at radius 2 is 2.16 bits per heavy atom. The van der Waals surface area contributed by atoms with E-state index in [4.69, 9.17) is 19.5 Å². The van der Waals surface area contributed by atoms with Gasteiger partial charge >= 0.3 is 5.97 Å². The second-order valence-electron chi connectivity index (χ2n) is 5.55. The standard InChI is InChI=1S/C18H20N2O5/c1-12(18(22)20-14-5-6-14)25-17(21)8-4-13-3-7-15(24-10-9-19)16(11-13)23-2/h3-4,7-8,11-12,14H,5-6,10H2,1-2H3,(H,20,22)/b8-4+/t12-/m0/s1. The maximum absolute atomic E-state index is 11.8. The summed E-state index contributed by atoms with van der Waals surface area (Å²) < 4.78 is 15.5. The molecule has 1 saturated carbocycles. The molecule has 1 aromatic carbocycles. The minimum absolute atomic E-state index is 0.0846. The van der Waals surface area contributed by atoms with Gasteiger partial charge in [0.05, 0.1) is 7.11 Å². The molecule has 1 aliphatic carbocycles. The highest BCUT2D eigenvalue weighted by Crippen LogP contribution is 2.28. The number of ether oxygens (including phenoxy) is 3. The van der Waals surface area contributed by atoms with E-state index in [1.807, 2.05) is 6.07 Å². The third-order valence-corrected chi connectivity index (χ3v) is 3.48. The summed E-state index contributed by atoms with van der Waals surface area (Å²) in [5.74, 6) is -0.00998. The molecule has 1 aromatic rings. The average molecular weight is 344 g/mol. The van der Waals surface area contributed by atoms with E-state index in [-0.39, 0.29) is 18.6 Å². The first-order valence-corrected chi connectivity index (χ1v) is 7.90. The molecule has 0 unspecified atom stereocenters. The topological polar surface area (TPSA) is 97.7 Å². The van der Waals surface area contributed by atoms with E-state index in [0.717, 1.165) is 12.8 Å². The van der Waals surface area contributed by atoms with Crippen molar-refractivity contribution in [2.24, 2.45) is 0 Å². The highest BCUT2D eigenvalue weighted by Gasteiger charge is 2.26. The van der Waals surface area contributed by atoms with E-state index in [1.54, 1.807) is 24.3 Å². The Kier molecular flexibility index (Phi) is 6.40. The first kappa shape index (κ1) is 18.3. The van der Waals surface area contributed by atoms with Crippen LogP contribution in [0, 0.1) is 11.3 Å². The van der Waals surface area contributed by atoms with Crippen molar-refractivity contribution in [3.63, 3.8) is 0 Å². The zero-order chi connectivity index (χ0) is 18.2. The van der Waals surface area contributed by atoms with E-state index in [9.17, 15) is 9.59 Å². The van der Waals surface area contributed by atoms with E-state index < -0.39 is 12.1 Å². The molecule has 0 bridgehead atoms. The predicted octanol–water partition coefficient (Wildman–Crippen LogP) is 1.82. The number of nitrogens with one attached hydrogen (secondary N) is 1. The second-order valence-corrected chi connectivity index (χ2v) is 5.55. The molecule has 1 aliphatic rings. The molecule has 1 amide bonds. The second kappa shape index (κ2) is 8.73. The first-order valence-electron chi connectivity index (χ1n) is 7.90. The van der Waals surface area contributed by atoms with Crippen molar-refractivity contribution in [3.8, 4) is 17.6 Å². The number of esters is 1. The van der Waals surface area contributed by atoms with Crippen molar-refractivity contribution < 1.29 is 23.8 Å². The zero-order valence-corrected chi connectivity index (χ0v) is 14.2. The van der Waals surface area contributed by atoms with Crippen LogP contribution in [-0.2, 0) is 14.3 Å². The van der Waals surface area contributed by atoms with Gasteiger partial charge in [0.25, 0.3) is 5.91 Å². The van der Waals surface area contributed by atoms with Gasteiger partial charge < -0.3 is 19.5 Å². The molecule has 132 valence electrons. The summed E-state index contributed by atoms with van der Waals surface area (Å²) in [4.78, 5) is 23.6. The minimum Gasteiger partial charge on any atom is -0.493 e. The molecule has 0 radical (unpaired) electrons. The number of amides is 1. The van der Waals surface area contributed by atoms with Crippen LogP contribution in [0.1, 0.15) is 25.3 Å². The van der Waals surface area contributed by atoms with Crippen LogP contribution < -0.4 is 14.8 Å². The van der Waals surface area contributed by atoms with Gasteiger partial charge in [-0.1, -0.05) is 6.07 Å². The first-order chi connectivity index (χ1) is 12.0. The quantitative estimate of drug-likeness (QED) is 0.571. The number of carbonyl (C=O) groups is 2. The lowest BCUT2D eigenvalue weighted by molar-refractivity contribution is -0.150. The Morgan fingerprint density at radius 1 is 1.40 bits per heavy atom. The number of hydrogen-bond donors (Lipinski definition) is 1. The van der Waals surface area contributed by atoms with Gasteiger partial charge in [-0.15, -0.1) is 0 Å². The third kappa shape index (κ3) is 5.84. The summed E-state index contributed by atoms with van der Waals surface area (Å²) in [7, 11) is 1.48. The lowest BCUT2D eigenvalue weighted by Crippen LogP contribution is -2.36. The number of nitrogens with zero attached hydrogens (tertiary/aromatic N) is 1.